The van der Waals surface area contributed by atoms with E-state index >= 15 is 0 Å². The van der Waals surface area contributed by atoms with Crippen molar-refractivity contribution in [1.29, 1.82) is 0 Å². The van der Waals surface area contributed by atoms with Gasteiger partial charge in [0.05, 0.1) is 6.10 Å². The quantitative estimate of drug-likeness (QED) is 0.716. The van der Waals surface area contributed by atoms with E-state index in [-0.39, 0.29) is 30.8 Å². The molecule has 2 aromatic rings. The molecule has 1 fully saturated rings. The number of aromatic nitrogens is 2. The number of nitrogens with zero attached hydrogens (tertiary/aromatic N) is 3. The van der Waals surface area contributed by atoms with Gasteiger partial charge >= 0.3 is 0 Å². The van der Waals surface area contributed by atoms with Crippen LogP contribution in [0.5, 0.6) is 0 Å². The van der Waals surface area contributed by atoms with E-state index < -0.39 is 15.8 Å². The fraction of sp³-hybridized carbons (Fsp3) is 0.500. The van der Waals surface area contributed by atoms with Crippen molar-refractivity contribution in [2.75, 3.05) is 20.2 Å². The summed E-state index contributed by atoms with van der Waals surface area (Å²) in [6.07, 6.45) is 1.00. The Hall–Kier alpha value is -1.88. The third-order valence-electron chi connectivity index (χ3n) is 4.02. The van der Waals surface area contributed by atoms with Crippen LogP contribution in [0.3, 0.4) is 0 Å². The highest BCUT2D eigenvalue weighted by atomic mass is 32.2. The lowest BCUT2D eigenvalue weighted by atomic mass is 10.1. The number of halogens is 1. The first kappa shape index (κ1) is 18.9. The first-order chi connectivity index (χ1) is 12.5. The van der Waals surface area contributed by atoms with Gasteiger partial charge in [0.2, 0.25) is 10.0 Å². The van der Waals surface area contributed by atoms with Crippen LogP contribution >= 0.6 is 0 Å². The van der Waals surface area contributed by atoms with Crippen LogP contribution in [0, 0.1) is 5.82 Å². The van der Waals surface area contributed by atoms with Crippen molar-refractivity contribution >= 4 is 10.0 Å². The summed E-state index contributed by atoms with van der Waals surface area (Å²) in [7, 11) is -2.38. The Labute approximate surface area is 151 Å². The lowest BCUT2D eigenvalue weighted by Gasteiger charge is -2.31. The van der Waals surface area contributed by atoms with E-state index in [9.17, 15) is 12.8 Å². The average Bonchev–Trinajstić information content (AvgIpc) is 3.08. The third-order valence-corrected chi connectivity index (χ3v) is 5.92. The zero-order chi connectivity index (χ0) is 18.6. The van der Waals surface area contributed by atoms with Crippen LogP contribution in [0.2, 0.25) is 0 Å². The maximum atomic E-state index is 13.9. The molecule has 0 saturated carbocycles. The van der Waals surface area contributed by atoms with E-state index in [1.807, 2.05) is 0 Å². The Kier molecular flexibility index (Phi) is 5.97. The van der Waals surface area contributed by atoms with Crippen LogP contribution in [0.1, 0.15) is 24.6 Å². The molecule has 26 heavy (non-hydrogen) atoms. The van der Waals surface area contributed by atoms with Gasteiger partial charge in [0.1, 0.15) is 23.9 Å². The molecule has 0 bridgehead atoms. The Balaban J connectivity index is 1.62. The van der Waals surface area contributed by atoms with E-state index in [1.165, 1.54) is 29.6 Å². The normalized spacial score (nSPS) is 18.9. The Bertz CT molecular complexity index is 842. The Morgan fingerprint density at radius 2 is 2.15 bits per heavy atom. The van der Waals surface area contributed by atoms with Crippen molar-refractivity contribution in [3.63, 3.8) is 0 Å². The van der Waals surface area contributed by atoms with Gasteiger partial charge in [0.25, 0.3) is 5.89 Å². The molecule has 1 saturated heterocycles. The highest BCUT2D eigenvalue weighted by Crippen LogP contribution is 2.24. The van der Waals surface area contributed by atoms with Crippen LogP contribution in [0.15, 0.2) is 33.7 Å². The number of hydrogen-bond donors (Lipinski definition) is 0. The number of methoxy groups -OCH3 is 1. The van der Waals surface area contributed by atoms with E-state index in [0.717, 1.165) is 6.07 Å². The second-order valence-corrected chi connectivity index (χ2v) is 7.81. The summed E-state index contributed by atoms with van der Waals surface area (Å²) in [5, 5.41) is 3.77. The van der Waals surface area contributed by atoms with Gasteiger partial charge in [-0.3, -0.25) is 0 Å². The fourth-order valence-electron chi connectivity index (χ4n) is 2.78. The molecule has 1 atom stereocenters. The molecular weight excluding hydrogens is 365 g/mol. The van der Waals surface area contributed by atoms with Gasteiger partial charge in [-0.25, -0.2) is 12.8 Å². The van der Waals surface area contributed by atoms with Gasteiger partial charge in [-0.1, -0.05) is 17.3 Å². The molecule has 10 heteroatoms. The summed E-state index contributed by atoms with van der Waals surface area (Å²) in [6.45, 7) is 0.798. The molecule has 0 radical (unpaired) electrons. The van der Waals surface area contributed by atoms with E-state index in [2.05, 4.69) is 10.1 Å². The zero-order valence-corrected chi connectivity index (χ0v) is 15.1. The molecule has 3 rings (SSSR count). The second-order valence-electron chi connectivity index (χ2n) is 5.91. The van der Waals surface area contributed by atoms with Gasteiger partial charge < -0.3 is 14.0 Å². The molecule has 0 N–H and O–H groups in total. The summed E-state index contributed by atoms with van der Waals surface area (Å²) < 4.78 is 56.1. The second kappa shape index (κ2) is 8.21. The van der Waals surface area contributed by atoms with Crippen LogP contribution in [-0.2, 0) is 32.7 Å². The summed E-state index contributed by atoms with van der Waals surface area (Å²) in [5.41, 5.74) is 0. The van der Waals surface area contributed by atoms with Gasteiger partial charge in [-0.15, -0.1) is 0 Å². The maximum absolute atomic E-state index is 13.9. The predicted octanol–water partition coefficient (Wildman–Crippen LogP) is 1.73. The van der Waals surface area contributed by atoms with Crippen molar-refractivity contribution in [3.05, 3.63) is 41.8 Å². The molecule has 2 heterocycles. The number of ether oxygens (including phenoxy) is 2. The average molecular weight is 385 g/mol. The minimum atomic E-state index is -3.90. The largest absolute Gasteiger partial charge is 0.375 e. The predicted molar refractivity (Wildman–Crippen MR) is 88.0 cm³/mol. The van der Waals surface area contributed by atoms with Crippen LogP contribution in [-0.4, -0.2) is 49.2 Å². The standard InChI is InChI=1S/C16H20FN3O5S/c1-23-11-16-18-15(19-25-16)10-24-12-5-4-8-20(9-12)26(21,22)14-7-3-2-6-13(14)17/h2-3,6-7,12H,4-5,8-11H2,1H3. The lowest BCUT2D eigenvalue weighted by Crippen LogP contribution is -2.43. The molecule has 8 nitrogen and oxygen atoms in total. The molecule has 1 aliphatic rings. The van der Waals surface area contributed by atoms with Crippen LogP contribution in [0.4, 0.5) is 4.39 Å². The summed E-state index contributed by atoms with van der Waals surface area (Å²) in [4.78, 5) is 3.79. The van der Waals surface area contributed by atoms with Crippen LogP contribution < -0.4 is 0 Å². The number of hydrogen-bond acceptors (Lipinski definition) is 7. The van der Waals surface area contributed by atoms with Gasteiger partial charge in [-0.2, -0.15) is 9.29 Å². The molecule has 0 amide bonds. The first-order valence-corrected chi connectivity index (χ1v) is 9.61. The molecule has 142 valence electrons. The Morgan fingerprint density at radius 1 is 1.35 bits per heavy atom. The van der Waals surface area contributed by atoms with Crippen LogP contribution in [0.25, 0.3) is 0 Å². The minimum absolute atomic E-state index is 0.103. The number of sulfonamides is 1. The summed E-state index contributed by atoms with van der Waals surface area (Å²) in [5.74, 6) is -0.0438. The van der Waals surface area contributed by atoms with E-state index in [4.69, 9.17) is 14.0 Å². The Morgan fingerprint density at radius 3 is 2.92 bits per heavy atom. The highest BCUT2D eigenvalue weighted by molar-refractivity contribution is 7.89. The SMILES string of the molecule is COCc1nc(COC2CCCN(S(=O)(=O)c3ccccc3F)C2)no1. The number of piperidine rings is 1. The van der Waals surface area contributed by atoms with Crippen molar-refractivity contribution in [3.8, 4) is 0 Å². The molecule has 0 spiro atoms. The van der Waals surface area contributed by atoms with Crippen molar-refractivity contribution in [2.45, 2.75) is 37.1 Å². The zero-order valence-electron chi connectivity index (χ0n) is 14.3. The monoisotopic (exact) mass is 385 g/mol. The molecule has 1 aromatic heterocycles. The summed E-state index contributed by atoms with van der Waals surface area (Å²) >= 11 is 0. The number of rotatable bonds is 7. The molecule has 1 aromatic carbocycles. The lowest BCUT2D eigenvalue weighted by molar-refractivity contribution is 0.00435. The van der Waals surface area contributed by atoms with E-state index in [1.54, 1.807) is 0 Å². The highest BCUT2D eigenvalue weighted by Gasteiger charge is 2.32. The first-order valence-electron chi connectivity index (χ1n) is 8.17. The van der Waals surface area contributed by atoms with E-state index in [0.29, 0.717) is 31.1 Å². The van der Waals surface area contributed by atoms with Gasteiger partial charge in [0.15, 0.2) is 5.82 Å². The maximum Gasteiger partial charge on any atom is 0.252 e. The van der Waals surface area contributed by atoms with Crippen molar-refractivity contribution < 1.29 is 26.8 Å². The van der Waals surface area contributed by atoms with Gasteiger partial charge in [-0.05, 0) is 25.0 Å². The topological polar surface area (TPSA) is 94.8 Å². The fourth-order valence-corrected chi connectivity index (χ4v) is 4.35. The smallest absolute Gasteiger partial charge is 0.252 e. The number of benzene rings is 1. The van der Waals surface area contributed by atoms with Crippen molar-refractivity contribution in [2.24, 2.45) is 0 Å². The molecular formula is C16H20FN3O5S. The molecule has 0 aliphatic carbocycles. The van der Waals surface area contributed by atoms with Crippen molar-refractivity contribution in [1.82, 2.24) is 14.4 Å². The third kappa shape index (κ3) is 4.26. The summed E-state index contributed by atoms with van der Waals surface area (Å²) in [6, 6.07) is 5.37. The minimum Gasteiger partial charge on any atom is -0.375 e. The molecule has 1 unspecified atom stereocenters. The van der Waals surface area contributed by atoms with Gasteiger partial charge in [0, 0.05) is 20.2 Å². The molecule has 1 aliphatic heterocycles.